The average Bonchev–Trinajstić information content (AvgIpc) is 3.14. The van der Waals surface area contributed by atoms with E-state index in [2.05, 4.69) is 10.1 Å². The van der Waals surface area contributed by atoms with Gasteiger partial charge in [0.15, 0.2) is 0 Å². The summed E-state index contributed by atoms with van der Waals surface area (Å²) in [6.45, 7) is 5.94. The molecule has 1 aromatic rings. The van der Waals surface area contributed by atoms with Gasteiger partial charge in [-0.15, -0.1) is 13.2 Å². The number of alkyl halides is 3. The number of ether oxygens (including phenoxy) is 2. The van der Waals surface area contributed by atoms with Gasteiger partial charge in [-0.05, 0) is 51.3 Å². The molecule has 2 unspecified atom stereocenters. The molecule has 3 rings (SSSR count). The normalized spacial score (nSPS) is 21.6. The summed E-state index contributed by atoms with van der Waals surface area (Å²) in [6.07, 6.45) is -2.42. The van der Waals surface area contributed by atoms with E-state index in [9.17, 15) is 27.9 Å². The molecular weight excluding hydrogens is 453 g/mol. The smallest absolute Gasteiger partial charge is 0.444 e. The van der Waals surface area contributed by atoms with Crippen molar-refractivity contribution in [1.29, 1.82) is 0 Å². The highest BCUT2D eigenvalue weighted by Crippen LogP contribution is 2.42. The van der Waals surface area contributed by atoms with E-state index < -0.39 is 47.3 Å². The molecule has 1 saturated carbocycles. The maximum atomic E-state index is 13.7. The Labute approximate surface area is 197 Å². The second kappa shape index (κ2) is 10.0. The Kier molecular flexibility index (Phi) is 7.69. The third-order valence-electron chi connectivity index (χ3n) is 6.14. The number of nitrogens with one attached hydrogen (secondary N) is 1. The molecule has 0 bridgehead atoms. The number of halogens is 3. The topological polar surface area (TPSA) is 88.1 Å². The number of carbonyl (C=O) groups is 2. The fraction of sp³-hybridized carbons (Fsp3) is 0.667. The van der Waals surface area contributed by atoms with Crippen molar-refractivity contribution in [2.75, 3.05) is 13.1 Å². The van der Waals surface area contributed by atoms with Crippen LogP contribution in [0.1, 0.15) is 70.8 Å². The summed E-state index contributed by atoms with van der Waals surface area (Å²) >= 11 is 0. The lowest BCUT2D eigenvalue weighted by molar-refractivity contribution is -0.274. The number of amides is 2. The fourth-order valence-electron chi connectivity index (χ4n) is 4.72. The highest BCUT2D eigenvalue weighted by atomic mass is 19.4. The number of rotatable bonds is 5. The van der Waals surface area contributed by atoms with Crippen LogP contribution in [-0.2, 0) is 9.53 Å². The molecule has 10 heteroatoms. The lowest BCUT2D eigenvalue weighted by Crippen LogP contribution is -2.48. The molecule has 1 saturated heterocycles. The van der Waals surface area contributed by atoms with Crippen LogP contribution in [0.15, 0.2) is 24.3 Å². The van der Waals surface area contributed by atoms with Crippen molar-refractivity contribution in [3.05, 3.63) is 29.8 Å². The quantitative estimate of drug-likeness (QED) is 0.640. The molecular formula is C24H33F3N2O5. The molecule has 0 spiro atoms. The third-order valence-corrected chi connectivity index (χ3v) is 6.14. The number of likely N-dealkylation sites (tertiary alicyclic amines) is 1. The summed E-state index contributed by atoms with van der Waals surface area (Å²) in [5.41, 5.74) is -1.58. The Bertz CT molecular complexity index is 878. The van der Waals surface area contributed by atoms with E-state index >= 15 is 0 Å². The zero-order chi connectivity index (χ0) is 25.1. The Hall–Kier alpha value is -2.49. The van der Waals surface area contributed by atoms with Crippen LogP contribution in [0.2, 0.25) is 0 Å². The highest BCUT2D eigenvalue weighted by molar-refractivity contribution is 5.85. The molecule has 2 amide bonds. The van der Waals surface area contributed by atoms with Gasteiger partial charge in [-0.1, -0.05) is 31.4 Å². The molecule has 7 nitrogen and oxygen atoms in total. The minimum absolute atomic E-state index is 0.154. The third kappa shape index (κ3) is 7.01. The van der Waals surface area contributed by atoms with Crippen LogP contribution in [0.5, 0.6) is 5.75 Å². The monoisotopic (exact) mass is 486 g/mol. The Balaban J connectivity index is 1.80. The van der Waals surface area contributed by atoms with Crippen LogP contribution in [0, 0.1) is 0 Å². The molecule has 2 fully saturated rings. The van der Waals surface area contributed by atoms with E-state index in [-0.39, 0.29) is 12.1 Å². The number of hydrogen-bond acceptors (Lipinski definition) is 5. The number of aliphatic hydroxyl groups is 1. The van der Waals surface area contributed by atoms with Crippen LogP contribution in [0.25, 0.3) is 0 Å². The van der Waals surface area contributed by atoms with E-state index in [1.807, 2.05) is 20.8 Å². The summed E-state index contributed by atoms with van der Waals surface area (Å²) in [7, 11) is 0. The molecule has 2 N–H and O–H groups in total. The molecule has 2 atom stereocenters. The second-order valence-electron chi connectivity index (χ2n) is 10.2. The van der Waals surface area contributed by atoms with E-state index in [4.69, 9.17) is 4.74 Å². The molecule has 1 heterocycles. The molecule has 34 heavy (non-hydrogen) atoms. The first-order valence-electron chi connectivity index (χ1n) is 11.6. The standard InChI is InChI=1S/C24H33F3N2O5/c1-22(2,3)28-21(31)33-18-10-13-29(15-18)20(30)19(23(32)11-5-4-6-12-23)16-8-7-9-17(14-16)34-24(25,26)27/h7-9,14,18-19,32H,4-6,10-13,15H2,1-3H3,(H,28,31). The van der Waals surface area contributed by atoms with Crippen molar-refractivity contribution in [1.82, 2.24) is 10.2 Å². The van der Waals surface area contributed by atoms with Gasteiger partial charge in [-0.2, -0.15) is 0 Å². The number of alkyl carbamates (subject to hydrolysis) is 1. The molecule has 1 aromatic carbocycles. The van der Waals surface area contributed by atoms with E-state index in [0.717, 1.165) is 25.3 Å². The number of nitrogens with zero attached hydrogens (tertiary/aromatic N) is 1. The first-order valence-corrected chi connectivity index (χ1v) is 11.6. The van der Waals surface area contributed by atoms with Gasteiger partial charge in [0.1, 0.15) is 11.9 Å². The summed E-state index contributed by atoms with van der Waals surface area (Å²) in [6, 6.07) is 5.26. The lowest BCUT2D eigenvalue weighted by Gasteiger charge is -2.40. The lowest BCUT2D eigenvalue weighted by atomic mass is 9.72. The van der Waals surface area contributed by atoms with Crippen LogP contribution in [0.4, 0.5) is 18.0 Å². The van der Waals surface area contributed by atoms with Gasteiger partial charge in [-0.3, -0.25) is 4.79 Å². The average molecular weight is 487 g/mol. The Morgan fingerprint density at radius 2 is 1.85 bits per heavy atom. The predicted molar refractivity (Wildman–Crippen MR) is 118 cm³/mol. The van der Waals surface area contributed by atoms with Crippen molar-refractivity contribution >= 4 is 12.0 Å². The molecule has 1 aliphatic heterocycles. The van der Waals surface area contributed by atoms with Crippen LogP contribution < -0.4 is 10.1 Å². The maximum Gasteiger partial charge on any atom is 0.573 e. The molecule has 0 radical (unpaired) electrons. The van der Waals surface area contributed by atoms with Crippen molar-refractivity contribution in [2.24, 2.45) is 0 Å². The SMILES string of the molecule is CC(C)(C)NC(=O)OC1CCN(C(=O)C(c2cccc(OC(F)(F)F)c2)C2(O)CCCCC2)C1. The minimum Gasteiger partial charge on any atom is -0.444 e. The van der Waals surface area contributed by atoms with Crippen molar-refractivity contribution in [3.63, 3.8) is 0 Å². The van der Waals surface area contributed by atoms with Crippen molar-refractivity contribution < 1.29 is 37.3 Å². The van der Waals surface area contributed by atoms with Gasteiger partial charge in [-0.25, -0.2) is 4.79 Å². The molecule has 2 aliphatic rings. The summed E-state index contributed by atoms with van der Waals surface area (Å²) in [5, 5.41) is 14.2. The van der Waals surface area contributed by atoms with Gasteiger partial charge < -0.3 is 24.8 Å². The number of carbonyl (C=O) groups excluding carboxylic acids is 2. The van der Waals surface area contributed by atoms with Gasteiger partial charge in [0, 0.05) is 18.5 Å². The van der Waals surface area contributed by atoms with Crippen molar-refractivity contribution in [2.45, 2.75) is 88.8 Å². The van der Waals surface area contributed by atoms with Gasteiger partial charge in [0.05, 0.1) is 18.1 Å². The van der Waals surface area contributed by atoms with E-state index in [0.29, 0.717) is 25.8 Å². The largest absolute Gasteiger partial charge is 0.573 e. The van der Waals surface area contributed by atoms with Crippen LogP contribution in [0.3, 0.4) is 0 Å². The predicted octanol–water partition coefficient (Wildman–Crippen LogP) is 4.49. The fourth-order valence-corrected chi connectivity index (χ4v) is 4.72. The summed E-state index contributed by atoms with van der Waals surface area (Å²) in [5.74, 6) is -1.88. The van der Waals surface area contributed by atoms with Crippen LogP contribution >= 0.6 is 0 Å². The first-order chi connectivity index (χ1) is 15.8. The Morgan fingerprint density at radius 1 is 1.18 bits per heavy atom. The molecule has 1 aliphatic carbocycles. The molecule has 190 valence electrons. The first kappa shape index (κ1) is 26.1. The summed E-state index contributed by atoms with van der Waals surface area (Å²) < 4.78 is 47.8. The number of hydrogen-bond donors (Lipinski definition) is 2. The maximum absolute atomic E-state index is 13.7. The van der Waals surface area contributed by atoms with Gasteiger partial charge in [0.2, 0.25) is 5.91 Å². The highest BCUT2D eigenvalue weighted by Gasteiger charge is 2.46. The van der Waals surface area contributed by atoms with E-state index in [1.165, 1.54) is 17.0 Å². The van der Waals surface area contributed by atoms with Gasteiger partial charge in [0.25, 0.3) is 0 Å². The summed E-state index contributed by atoms with van der Waals surface area (Å²) in [4.78, 5) is 27.3. The van der Waals surface area contributed by atoms with Crippen molar-refractivity contribution in [3.8, 4) is 5.75 Å². The van der Waals surface area contributed by atoms with Gasteiger partial charge >= 0.3 is 12.5 Å². The minimum atomic E-state index is -4.87. The second-order valence-corrected chi connectivity index (χ2v) is 10.2. The molecule has 0 aromatic heterocycles. The Morgan fingerprint density at radius 3 is 2.47 bits per heavy atom. The zero-order valence-electron chi connectivity index (χ0n) is 19.8. The number of benzene rings is 1. The van der Waals surface area contributed by atoms with Crippen LogP contribution in [-0.4, -0.2) is 58.7 Å². The zero-order valence-corrected chi connectivity index (χ0v) is 19.8. The van der Waals surface area contributed by atoms with E-state index in [1.54, 1.807) is 6.07 Å².